The van der Waals surface area contributed by atoms with Crippen molar-refractivity contribution in [3.63, 3.8) is 0 Å². The molecule has 11 heteroatoms. The summed E-state index contributed by atoms with van der Waals surface area (Å²) in [5, 5.41) is 4.19. The molecule has 0 atom stereocenters. The van der Waals surface area contributed by atoms with E-state index in [1.807, 2.05) is 0 Å². The van der Waals surface area contributed by atoms with Gasteiger partial charge < -0.3 is 5.32 Å². The summed E-state index contributed by atoms with van der Waals surface area (Å²) < 4.78 is 50.8. The molecule has 0 unspecified atom stereocenters. The smallest absolute Gasteiger partial charge is 0.252 e. The Balaban J connectivity index is 2.04. The molecular formula is C15H19N3O5S3. The Labute approximate surface area is 157 Å². The molecule has 2 aromatic rings. The number of hydrogen-bond donors (Lipinski definition) is 1. The van der Waals surface area contributed by atoms with Gasteiger partial charge in [0.25, 0.3) is 10.0 Å². The third-order valence-corrected chi connectivity index (χ3v) is 8.45. The Morgan fingerprint density at radius 2 is 1.62 bits per heavy atom. The summed E-state index contributed by atoms with van der Waals surface area (Å²) in [5.41, 5.74) is 0.370. The van der Waals surface area contributed by atoms with Crippen LogP contribution in [0.5, 0.6) is 0 Å². The minimum absolute atomic E-state index is 0.0953. The lowest BCUT2D eigenvalue weighted by molar-refractivity contribution is -0.116. The molecule has 0 spiro atoms. The lowest BCUT2D eigenvalue weighted by Gasteiger charge is -2.16. The minimum atomic E-state index is -3.71. The van der Waals surface area contributed by atoms with Crippen molar-refractivity contribution in [2.24, 2.45) is 0 Å². The zero-order valence-corrected chi connectivity index (χ0v) is 16.9. The van der Waals surface area contributed by atoms with E-state index in [4.69, 9.17) is 0 Å². The highest BCUT2D eigenvalue weighted by atomic mass is 32.2. The van der Waals surface area contributed by atoms with E-state index < -0.39 is 26.0 Å². The molecule has 0 radical (unpaired) electrons. The molecule has 26 heavy (non-hydrogen) atoms. The van der Waals surface area contributed by atoms with Gasteiger partial charge in [-0.1, -0.05) is 6.07 Å². The van der Waals surface area contributed by atoms with Crippen LogP contribution in [0, 0.1) is 0 Å². The Morgan fingerprint density at radius 1 is 1.00 bits per heavy atom. The number of rotatable bonds is 7. The van der Waals surface area contributed by atoms with Gasteiger partial charge in [0.1, 0.15) is 4.21 Å². The first kappa shape index (κ1) is 20.5. The van der Waals surface area contributed by atoms with Gasteiger partial charge in [-0.2, -0.15) is 4.31 Å². The van der Waals surface area contributed by atoms with Crippen LogP contribution >= 0.6 is 11.3 Å². The van der Waals surface area contributed by atoms with E-state index in [2.05, 4.69) is 5.32 Å². The number of hydrogen-bond acceptors (Lipinski definition) is 6. The third-order valence-electron chi connectivity index (χ3n) is 3.44. The number of nitrogens with one attached hydrogen (secondary N) is 1. The van der Waals surface area contributed by atoms with E-state index in [0.717, 1.165) is 19.9 Å². The van der Waals surface area contributed by atoms with Crippen molar-refractivity contribution >= 4 is 43.0 Å². The van der Waals surface area contributed by atoms with Crippen molar-refractivity contribution in [1.29, 1.82) is 0 Å². The van der Waals surface area contributed by atoms with E-state index in [9.17, 15) is 21.6 Å². The maximum atomic E-state index is 12.3. The van der Waals surface area contributed by atoms with Gasteiger partial charge in [0, 0.05) is 26.8 Å². The van der Waals surface area contributed by atoms with Gasteiger partial charge in [-0.3, -0.25) is 4.79 Å². The molecule has 1 aromatic heterocycles. The number of anilines is 1. The van der Waals surface area contributed by atoms with Gasteiger partial charge in [-0.15, -0.1) is 11.3 Å². The highest BCUT2D eigenvalue weighted by Gasteiger charge is 2.24. The molecule has 1 N–H and O–H groups in total. The second-order valence-electron chi connectivity index (χ2n) is 5.55. The van der Waals surface area contributed by atoms with Crippen LogP contribution in [0.3, 0.4) is 0 Å². The summed E-state index contributed by atoms with van der Waals surface area (Å²) in [5.74, 6) is -0.532. The van der Waals surface area contributed by atoms with Gasteiger partial charge in [-0.25, -0.2) is 21.1 Å². The first-order valence-electron chi connectivity index (χ1n) is 7.37. The number of thiophene rings is 1. The van der Waals surface area contributed by atoms with Gasteiger partial charge in [0.2, 0.25) is 15.9 Å². The Morgan fingerprint density at radius 3 is 2.12 bits per heavy atom. The quantitative estimate of drug-likeness (QED) is 0.730. The monoisotopic (exact) mass is 417 g/mol. The normalized spacial score (nSPS) is 12.5. The van der Waals surface area contributed by atoms with Crippen molar-refractivity contribution in [3.8, 4) is 0 Å². The minimum Gasteiger partial charge on any atom is -0.325 e. The summed E-state index contributed by atoms with van der Waals surface area (Å²) in [4.78, 5) is 12.2. The standard InChI is InChI=1S/C15H19N3O5S3/c1-17(2)25(20,21)13-8-6-12(7-9-13)16-14(19)11-18(3)26(22,23)15-5-4-10-24-15/h4-10H,11H2,1-3H3,(H,16,19). The summed E-state index contributed by atoms with van der Waals surface area (Å²) >= 11 is 1.07. The zero-order valence-electron chi connectivity index (χ0n) is 14.4. The van der Waals surface area contributed by atoms with Crippen LogP contribution in [0.4, 0.5) is 5.69 Å². The number of carbonyl (C=O) groups is 1. The van der Waals surface area contributed by atoms with Gasteiger partial charge in [0.05, 0.1) is 11.4 Å². The SMILES string of the molecule is CN(C)S(=O)(=O)c1ccc(NC(=O)CN(C)S(=O)(=O)c2cccs2)cc1. The maximum Gasteiger partial charge on any atom is 0.252 e. The molecule has 0 fully saturated rings. The number of benzene rings is 1. The van der Waals surface area contributed by atoms with Crippen LogP contribution in [-0.4, -0.2) is 59.0 Å². The van der Waals surface area contributed by atoms with Crippen LogP contribution < -0.4 is 5.32 Å². The van der Waals surface area contributed by atoms with Gasteiger partial charge in [0.15, 0.2) is 0 Å². The lowest BCUT2D eigenvalue weighted by atomic mass is 10.3. The molecule has 0 aliphatic carbocycles. The number of amides is 1. The van der Waals surface area contributed by atoms with E-state index in [1.165, 1.54) is 51.5 Å². The number of likely N-dealkylation sites (N-methyl/N-ethyl adjacent to an activating group) is 1. The second-order valence-corrected chi connectivity index (χ2v) is 10.9. The first-order chi connectivity index (χ1) is 12.0. The molecule has 0 saturated heterocycles. The Kier molecular flexibility index (Phi) is 6.19. The van der Waals surface area contributed by atoms with E-state index in [-0.39, 0.29) is 15.6 Å². The third kappa shape index (κ3) is 4.48. The fourth-order valence-corrected chi connectivity index (χ4v) is 5.20. The van der Waals surface area contributed by atoms with Crippen molar-refractivity contribution in [1.82, 2.24) is 8.61 Å². The largest absolute Gasteiger partial charge is 0.325 e. The van der Waals surface area contributed by atoms with Crippen LogP contribution in [0.25, 0.3) is 0 Å². The molecular weight excluding hydrogens is 398 g/mol. The molecule has 2 rings (SSSR count). The molecule has 0 aliphatic rings. The Bertz CT molecular complexity index is 966. The average molecular weight is 418 g/mol. The molecule has 1 aromatic carbocycles. The molecule has 0 aliphatic heterocycles. The van der Waals surface area contributed by atoms with Crippen molar-refractivity contribution in [2.75, 3.05) is 33.0 Å². The predicted molar refractivity (Wildman–Crippen MR) is 100 cm³/mol. The van der Waals surface area contributed by atoms with Gasteiger partial charge in [-0.05, 0) is 35.7 Å². The van der Waals surface area contributed by atoms with Crippen LogP contribution in [0.2, 0.25) is 0 Å². The number of carbonyl (C=O) groups excluding carboxylic acids is 1. The summed E-state index contributed by atoms with van der Waals surface area (Å²) in [6.07, 6.45) is 0. The summed E-state index contributed by atoms with van der Waals surface area (Å²) in [6, 6.07) is 8.73. The fourth-order valence-electron chi connectivity index (χ4n) is 1.97. The first-order valence-corrected chi connectivity index (χ1v) is 11.1. The lowest BCUT2D eigenvalue weighted by Crippen LogP contribution is -2.34. The highest BCUT2D eigenvalue weighted by molar-refractivity contribution is 7.91. The number of nitrogens with zero attached hydrogens (tertiary/aromatic N) is 2. The molecule has 1 heterocycles. The average Bonchev–Trinajstić information content (AvgIpc) is 3.10. The summed E-state index contributed by atoms with van der Waals surface area (Å²) in [7, 11) is -3.09. The van der Waals surface area contributed by atoms with Crippen molar-refractivity contribution < 1.29 is 21.6 Å². The molecule has 8 nitrogen and oxygen atoms in total. The fraction of sp³-hybridized carbons (Fsp3) is 0.267. The van der Waals surface area contributed by atoms with E-state index in [1.54, 1.807) is 11.4 Å². The predicted octanol–water partition coefficient (Wildman–Crippen LogP) is 1.26. The summed E-state index contributed by atoms with van der Waals surface area (Å²) in [6.45, 7) is -0.363. The second kappa shape index (κ2) is 7.84. The number of sulfonamides is 2. The highest BCUT2D eigenvalue weighted by Crippen LogP contribution is 2.20. The maximum absolute atomic E-state index is 12.3. The molecule has 142 valence electrons. The molecule has 0 saturated carbocycles. The zero-order chi connectivity index (χ0) is 19.5. The molecule has 0 bridgehead atoms. The van der Waals surface area contributed by atoms with Crippen LogP contribution in [0.1, 0.15) is 0 Å². The molecule has 1 amide bonds. The van der Waals surface area contributed by atoms with E-state index in [0.29, 0.717) is 5.69 Å². The Hall–Kier alpha value is -1.79. The van der Waals surface area contributed by atoms with Crippen LogP contribution in [0.15, 0.2) is 50.9 Å². The van der Waals surface area contributed by atoms with Gasteiger partial charge >= 0.3 is 0 Å². The topological polar surface area (TPSA) is 104 Å². The van der Waals surface area contributed by atoms with Crippen molar-refractivity contribution in [2.45, 2.75) is 9.10 Å². The van der Waals surface area contributed by atoms with Crippen LogP contribution in [-0.2, 0) is 24.8 Å². The van der Waals surface area contributed by atoms with E-state index >= 15 is 0 Å². The van der Waals surface area contributed by atoms with Crippen molar-refractivity contribution in [3.05, 3.63) is 41.8 Å².